The van der Waals surface area contributed by atoms with E-state index in [-0.39, 0.29) is 5.54 Å². The van der Waals surface area contributed by atoms with Crippen molar-refractivity contribution >= 4 is 0 Å². The molecule has 1 aliphatic heterocycles. The molecule has 24 heavy (non-hydrogen) atoms. The van der Waals surface area contributed by atoms with Gasteiger partial charge >= 0.3 is 0 Å². The lowest BCUT2D eigenvalue weighted by atomic mass is 9.84. The van der Waals surface area contributed by atoms with Gasteiger partial charge in [-0.3, -0.25) is 0 Å². The summed E-state index contributed by atoms with van der Waals surface area (Å²) in [5.41, 5.74) is 1.53. The zero-order valence-corrected chi connectivity index (χ0v) is 15.4. The van der Waals surface area contributed by atoms with E-state index in [1.165, 1.54) is 31.2 Å². The summed E-state index contributed by atoms with van der Waals surface area (Å²) in [6, 6.07) is 11.9. The maximum atomic E-state index is 5.65. The lowest BCUT2D eigenvalue weighted by Crippen LogP contribution is -2.57. The highest BCUT2D eigenvalue weighted by molar-refractivity contribution is 5.19. The van der Waals surface area contributed by atoms with Gasteiger partial charge in [0.2, 0.25) is 0 Å². The topological polar surface area (TPSA) is 33.3 Å². The molecule has 0 radical (unpaired) electrons. The first kappa shape index (κ1) is 17.9. The van der Waals surface area contributed by atoms with Gasteiger partial charge in [0.05, 0.1) is 0 Å². The molecule has 0 unspecified atom stereocenters. The molecular weight excluding hydrogens is 296 g/mol. The molecule has 3 rings (SSSR count). The molecule has 0 spiro atoms. The van der Waals surface area contributed by atoms with E-state index < -0.39 is 0 Å². The Labute approximate surface area is 147 Å². The van der Waals surface area contributed by atoms with Crippen molar-refractivity contribution in [1.82, 2.24) is 10.6 Å². The number of nitrogens with one attached hydrogen (secondary N) is 2. The molecule has 2 aliphatic rings. The molecule has 1 aliphatic carbocycles. The number of benzene rings is 1. The van der Waals surface area contributed by atoms with Gasteiger partial charge in [-0.15, -0.1) is 0 Å². The summed E-state index contributed by atoms with van der Waals surface area (Å²) >= 11 is 0. The molecule has 2 fully saturated rings. The van der Waals surface area contributed by atoms with Crippen LogP contribution in [0.25, 0.3) is 0 Å². The van der Waals surface area contributed by atoms with Gasteiger partial charge in [0.1, 0.15) is 0 Å². The summed E-state index contributed by atoms with van der Waals surface area (Å²) in [7, 11) is 0. The van der Waals surface area contributed by atoms with E-state index in [9.17, 15) is 0 Å². The summed E-state index contributed by atoms with van der Waals surface area (Å²) in [6.07, 6.45) is 7.65. The fourth-order valence-corrected chi connectivity index (χ4v) is 4.38. The summed E-state index contributed by atoms with van der Waals surface area (Å²) in [5.74, 6) is 0.873. The van der Waals surface area contributed by atoms with E-state index in [1.54, 1.807) is 0 Å². The average molecular weight is 331 g/mol. The highest BCUT2D eigenvalue weighted by Crippen LogP contribution is 2.27. The van der Waals surface area contributed by atoms with Crippen molar-refractivity contribution in [2.24, 2.45) is 5.92 Å². The van der Waals surface area contributed by atoms with Gasteiger partial charge in [-0.05, 0) is 44.1 Å². The van der Waals surface area contributed by atoms with Crippen LogP contribution in [0.3, 0.4) is 0 Å². The van der Waals surface area contributed by atoms with Crippen molar-refractivity contribution < 1.29 is 4.74 Å². The second-order valence-corrected chi connectivity index (χ2v) is 8.02. The van der Waals surface area contributed by atoms with Crippen LogP contribution >= 0.6 is 0 Å². The second-order valence-electron chi connectivity index (χ2n) is 8.02. The normalized spacial score (nSPS) is 28.4. The minimum Gasteiger partial charge on any atom is -0.381 e. The highest BCUT2D eigenvalue weighted by atomic mass is 16.5. The lowest BCUT2D eigenvalue weighted by molar-refractivity contribution is 0.0318. The third kappa shape index (κ3) is 4.81. The molecule has 1 saturated carbocycles. The van der Waals surface area contributed by atoms with Gasteiger partial charge in [0, 0.05) is 37.4 Å². The maximum Gasteiger partial charge on any atom is 0.0484 e. The predicted octanol–water partition coefficient (Wildman–Crippen LogP) is 4.05. The maximum absolute atomic E-state index is 5.65. The minimum atomic E-state index is 0.161. The molecule has 134 valence electrons. The number of hydrogen-bond donors (Lipinski definition) is 2. The van der Waals surface area contributed by atoms with E-state index in [4.69, 9.17) is 4.74 Å². The second kappa shape index (κ2) is 8.46. The summed E-state index contributed by atoms with van der Waals surface area (Å²) in [4.78, 5) is 0. The third-order valence-electron chi connectivity index (χ3n) is 5.94. The minimum absolute atomic E-state index is 0.161. The first-order valence-electron chi connectivity index (χ1n) is 9.81. The van der Waals surface area contributed by atoms with Crippen molar-refractivity contribution in [1.29, 1.82) is 0 Å². The van der Waals surface area contributed by atoms with E-state index >= 15 is 0 Å². The zero-order chi connectivity index (χ0) is 16.8. The van der Waals surface area contributed by atoms with Crippen LogP contribution in [0, 0.1) is 5.92 Å². The van der Waals surface area contributed by atoms with Gasteiger partial charge in [-0.25, -0.2) is 0 Å². The fourth-order valence-electron chi connectivity index (χ4n) is 4.38. The summed E-state index contributed by atoms with van der Waals surface area (Å²) < 4.78 is 5.65. The van der Waals surface area contributed by atoms with Crippen LogP contribution in [-0.4, -0.2) is 31.3 Å². The Hall–Kier alpha value is -0.900. The molecule has 2 N–H and O–H groups in total. The van der Waals surface area contributed by atoms with Gasteiger partial charge in [0.15, 0.2) is 0 Å². The van der Waals surface area contributed by atoms with Crippen molar-refractivity contribution in [3.63, 3.8) is 0 Å². The van der Waals surface area contributed by atoms with Crippen molar-refractivity contribution in [2.75, 3.05) is 19.8 Å². The fraction of sp³-hybridized carbons (Fsp3) is 0.714. The molecule has 0 amide bonds. The Morgan fingerprint density at radius 2 is 1.92 bits per heavy atom. The summed E-state index contributed by atoms with van der Waals surface area (Å²) in [5, 5.41) is 7.86. The predicted molar refractivity (Wildman–Crippen MR) is 100 cm³/mol. The van der Waals surface area contributed by atoms with Crippen LogP contribution in [0.15, 0.2) is 30.3 Å². The average Bonchev–Trinajstić information content (AvgIpc) is 2.62. The molecule has 1 saturated heterocycles. The molecular formula is C21H34N2O. The Morgan fingerprint density at radius 1 is 1.17 bits per heavy atom. The first-order valence-corrected chi connectivity index (χ1v) is 9.81. The first-order chi connectivity index (χ1) is 11.7. The molecule has 1 aromatic rings. The van der Waals surface area contributed by atoms with Crippen LogP contribution in [0.5, 0.6) is 0 Å². The van der Waals surface area contributed by atoms with Gasteiger partial charge in [-0.1, -0.05) is 50.1 Å². The number of hydrogen-bond acceptors (Lipinski definition) is 3. The van der Waals surface area contributed by atoms with Gasteiger partial charge < -0.3 is 15.4 Å². The van der Waals surface area contributed by atoms with Crippen molar-refractivity contribution in [3.8, 4) is 0 Å². The largest absolute Gasteiger partial charge is 0.381 e. The summed E-state index contributed by atoms with van der Waals surface area (Å²) in [6.45, 7) is 7.49. The molecule has 3 atom stereocenters. The molecule has 1 heterocycles. The zero-order valence-electron chi connectivity index (χ0n) is 15.4. The molecule has 0 bridgehead atoms. The van der Waals surface area contributed by atoms with E-state index in [2.05, 4.69) is 54.8 Å². The van der Waals surface area contributed by atoms with Gasteiger partial charge in [-0.2, -0.15) is 0 Å². The Bertz CT molecular complexity index is 484. The van der Waals surface area contributed by atoms with Crippen LogP contribution in [0.2, 0.25) is 0 Å². The van der Waals surface area contributed by atoms with Crippen molar-refractivity contribution in [2.45, 2.75) is 70.0 Å². The molecule has 0 aromatic heterocycles. The smallest absolute Gasteiger partial charge is 0.0484 e. The van der Waals surface area contributed by atoms with Crippen LogP contribution in [0.4, 0.5) is 0 Å². The Kier molecular flexibility index (Phi) is 6.31. The van der Waals surface area contributed by atoms with Crippen LogP contribution in [0.1, 0.15) is 64.0 Å². The monoisotopic (exact) mass is 330 g/mol. The number of rotatable bonds is 6. The van der Waals surface area contributed by atoms with E-state index in [0.717, 1.165) is 38.5 Å². The van der Waals surface area contributed by atoms with E-state index in [0.29, 0.717) is 12.1 Å². The molecule has 1 aromatic carbocycles. The van der Waals surface area contributed by atoms with E-state index in [1.807, 2.05) is 0 Å². The Morgan fingerprint density at radius 3 is 2.62 bits per heavy atom. The van der Waals surface area contributed by atoms with Crippen molar-refractivity contribution in [3.05, 3.63) is 35.9 Å². The standard InChI is InChI=1S/C21H34N2O/c1-17-7-6-10-20(15-17)22-16-21(11-13-24-14-12-21)23-18(2)19-8-4-3-5-9-19/h3-5,8-9,17-18,20,22-23H,6-7,10-16H2,1-2H3/t17-,18-,20-/m1/s1. The SMILES string of the molecule is C[C@@H]1CCC[C@@H](NCC2(N[C@H](C)c3ccccc3)CCOCC2)C1. The quantitative estimate of drug-likeness (QED) is 0.825. The highest BCUT2D eigenvalue weighted by Gasteiger charge is 2.34. The third-order valence-corrected chi connectivity index (χ3v) is 5.94. The molecule has 3 nitrogen and oxygen atoms in total. The number of ether oxygens (including phenoxy) is 1. The van der Waals surface area contributed by atoms with Crippen LogP contribution < -0.4 is 10.6 Å². The van der Waals surface area contributed by atoms with Gasteiger partial charge in [0.25, 0.3) is 0 Å². The Balaban J connectivity index is 1.61. The van der Waals surface area contributed by atoms with Crippen LogP contribution in [-0.2, 0) is 4.74 Å². The molecule has 3 heteroatoms. The lowest BCUT2D eigenvalue weighted by Gasteiger charge is -2.42.